The molecule has 0 aliphatic carbocycles. The highest BCUT2D eigenvalue weighted by Crippen LogP contribution is 2.06. The molecule has 0 fully saturated rings. The lowest BCUT2D eigenvalue weighted by Crippen LogP contribution is -2.35. The first-order valence-corrected chi connectivity index (χ1v) is 9.42. The molecular weight excluding hydrogens is 358 g/mol. The third kappa shape index (κ3) is 11.7. The quantitative estimate of drug-likeness (QED) is 0.447. The van der Waals surface area contributed by atoms with Crippen LogP contribution in [0, 0.1) is 6.92 Å². The Morgan fingerprint density at radius 1 is 0.964 bits per heavy atom. The van der Waals surface area contributed by atoms with Gasteiger partial charge in [-0.15, -0.1) is 0 Å². The van der Waals surface area contributed by atoms with Crippen LogP contribution in [0.15, 0.2) is 30.3 Å². The van der Waals surface area contributed by atoms with Crippen LogP contribution in [0.2, 0.25) is 0 Å². The largest absolute Gasteiger partial charge is 0.444 e. The second-order valence-electron chi connectivity index (χ2n) is 7.42. The fraction of sp³-hybridized carbons (Fsp3) is 0.476. The van der Waals surface area contributed by atoms with Crippen LogP contribution >= 0.6 is 0 Å². The van der Waals surface area contributed by atoms with Gasteiger partial charge in [-0.25, -0.2) is 4.79 Å². The minimum absolute atomic E-state index is 0.165. The SMILES string of the molecule is Cc1ccc(/C=C/C(=O)NCCCNC(=O)CCNC(=O)OC(C)(C)C)cc1. The maximum Gasteiger partial charge on any atom is 0.407 e. The lowest BCUT2D eigenvalue weighted by Gasteiger charge is -2.19. The summed E-state index contributed by atoms with van der Waals surface area (Å²) in [5.74, 6) is -0.338. The number of carbonyl (C=O) groups excluding carboxylic acids is 3. The highest BCUT2D eigenvalue weighted by molar-refractivity contribution is 5.91. The third-order valence-electron chi connectivity index (χ3n) is 3.50. The zero-order chi connectivity index (χ0) is 21.0. The minimum atomic E-state index is -0.563. The van der Waals surface area contributed by atoms with Gasteiger partial charge < -0.3 is 20.7 Å². The molecule has 1 aromatic carbocycles. The van der Waals surface area contributed by atoms with Gasteiger partial charge in [0.05, 0.1) is 0 Å². The fourth-order valence-corrected chi connectivity index (χ4v) is 2.12. The Balaban J connectivity index is 2.08. The number of rotatable bonds is 9. The number of carbonyl (C=O) groups is 3. The second kappa shape index (κ2) is 11.8. The Labute approximate surface area is 166 Å². The summed E-state index contributed by atoms with van der Waals surface area (Å²) >= 11 is 0. The van der Waals surface area contributed by atoms with E-state index in [0.29, 0.717) is 19.5 Å². The van der Waals surface area contributed by atoms with Crippen molar-refractivity contribution in [1.29, 1.82) is 0 Å². The summed E-state index contributed by atoms with van der Waals surface area (Å²) in [5.41, 5.74) is 1.57. The first-order chi connectivity index (χ1) is 13.2. The van der Waals surface area contributed by atoms with Gasteiger partial charge in [-0.2, -0.15) is 0 Å². The maximum absolute atomic E-state index is 11.7. The van der Waals surface area contributed by atoms with E-state index >= 15 is 0 Å². The van der Waals surface area contributed by atoms with E-state index in [1.54, 1.807) is 26.8 Å². The minimum Gasteiger partial charge on any atom is -0.444 e. The molecule has 0 spiro atoms. The molecule has 3 N–H and O–H groups in total. The molecule has 0 unspecified atom stereocenters. The van der Waals surface area contributed by atoms with E-state index in [9.17, 15) is 14.4 Å². The van der Waals surface area contributed by atoms with Gasteiger partial charge in [0.25, 0.3) is 0 Å². The molecule has 3 amide bonds. The van der Waals surface area contributed by atoms with E-state index < -0.39 is 11.7 Å². The van der Waals surface area contributed by atoms with E-state index in [2.05, 4.69) is 16.0 Å². The van der Waals surface area contributed by atoms with Crippen molar-refractivity contribution in [3.8, 4) is 0 Å². The predicted molar refractivity (Wildman–Crippen MR) is 110 cm³/mol. The predicted octanol–water partition coefficient (Wildman–Crippen LogP) is 2.55. The Morgan fingerprint density at radius 3 is 2.25 bits per heavy atom. The number of amides is 3. The van der Waals surface area contributed by atoms with E-state index in [-0.39, 0.29) is 24.8 Å². The molecule has 0 saturated carbocycles. The summed E-state index contributed by atoms with van der Waals surface area (Å²) in [6, 6.07) is 7.88. The average molecular weight is 389 g/mol. The molecule has 28 heavy (non-hydrogen) atoms. The lowest BCUT2D eigenvalue weighted by molar-refractivity contribution is -0.120. The van der Waals surface area contributed by atoms with E-state index in [4.69, 9.17) is 4.74 Å². The van der Waals surface area contributed by atoms with Crippen molar-refractivity contribution < 1.29 is 19.1 Å². The van der Waals surface area contributed by atoms with Crippen LogP contribution in [0.3, 0.4) is 0 Å². The molecule has 0 atom stereocenters. The molecule has 0 aliphatic rings. The fourth-order valence-electron chi connectivity index (χ4n) is 2.12. The summed E-state index contributed by atoms with van der Waals surface area (Å²) in [5, 5.41) is 8.04. The number of alkyl carbamates (subject to hydrolysis) is 1. The van der Waals surface area contributed by atoms with Crippen molar-refractivity contribution in [2.24, 2.45) is 0 Å². The second-order valence-corrected chi connectivity index (χ2v) is 7.42. The monoisotopic (exact) mass is 389 g/mol. The van der Waals surface area contributed by atoms with Crippen molar-refractivity contribution in [2.75, 3.05) is 19.6 Å². The average Bonchev–Trinajstić information content (AvgIpc) is 2.59. The molecule has 0 aliphatic heterocycles. The molecule has 7 heteroatoms. The Bertz CT molecular complexity index is 676. The maximum atomic E-state index is 11.7. The van der Waals surface area contributed by atoms with E-state index in [1.165, 1.54) is 11.6 Å². The first-order valence-electron chi connectivity index (χ1n) is 9.42. The van der Waals surface area contributed by atoms with Crippen LogP contribution in [-0.4, -0.2) is 43.1 Å². The zero-order valence-electron chi connectivity index (χ0n) is 17.1. The molecule has 154 valence electrons. The Morgan fingerprint density at radius 2 is 1.61 bits per heavy atom. The molecule has 1 aromatic rings. The van der Waals surface area contributed by atoms with Crippen LogP contribution in [0.25, 0.3) is 6.08 Å². The molecule has 0 aromatic heterocycles. The van der Waals surface area contributed by atoms with Gasteiger partial charge in [-0.05, 0) is 45.8 Å². The lowest BCUT2D eigenvalue weighted by atomic mass is 10.1. The molecule has 7 nitrogen and oxygen atoms in total. The molecule has 0 bridgehead atoms. The van der Waals surface area contributed by atoms with Crippen LogP contribution < -0.4 is 16.0 Å². The highest BCUT2D eigenvalue weighted by Gasteiger charge is 2.15. The van der Waals surface area contributed by atoms with Crippen molar-refractivity contribution in [1.82, 2.24) is 16.0 Å². The number of aryl methyl sites for hydroxylation is 1. The standard InChI is InChI=1S/C21H31N3O4/c1-16-6-8-17(9-7-16)10-11-18(25)22-13-5-14-23-19(26)12-15-24-20(27)28-21(2,3)4/h6-11H,5,12-15H2,1-4H3,(H,22,25)(H,23,26)(H,24,27)/b11-10+. The first kappa shape index (κ1) is 23.2. The summed E-state index contributed by atoms with van der Waals surface area (Å²) in [6.45, 7) is 8.46. The third-order valence-corrected chi connectivity index (χ3v) is 3.50. The van der Waals surface area contributed by atoms with Crippen LogP contribution in [0.4, 0.5) is 4.79 Å². The summed E-state index contributed by atoms with van der Waals surface area (Å²) in [7, 11) is 0. The van der Waals surface area contributed by atoms with Crippen LogP contribution in [0.1, 0.15) is 44.7 Å². The number of benzene rings is 1. The molecule has 0 radical (unpaired) electrons. The smallest absolute Gasteiger partial charge is 0.407 e. The topological polar surface area (TPSA) is 96.5 Å². The number of hydrogen-bond donors (Lipinski definition) is 3. The van der Waals surface area contributed by atoms with Crippen molar-refractivity contribution >= 4 is 24.0 Å². The molecule has 1 rings (SSSR count). The highest BCUT2D eigenvalue weighted by atomic mass is 16.6. The van der Waals surface area contributed by atoms with E-state index in [1.807, 2.05) is 31.2 Å². The van der Waals surface area contributed by atoms with Crippen molar-refractivity contribution in [3.05, 3.63) is 41.5 Å². The molecule has 0 heterocycles. The summed E-state index contributed by atoms with van der Waals surface area (Å²) in [6.07, 6.45) is 3.50. The van der Waals surface area contributed by atoms with Gasteiger partial charge in [0.1, 0.15) is 5.60 Å². The molecule has 0 saturated heterocycles. The normalized spacial score (nSPS) is 11.1. The van der Waals surface area contributed by atoms with Gasteiger partial charge in [0, 0.05) is 32.1 Å². The zero-order valence-corrected chi connectivity index (χ0v) is 17.1. The number of hydrogen-bond acceptors (Lipinski definition) is 4. The van der Waals surface area contributed by atoms with Gasteiger partial charge in [-0.1, -0.05) is 29.8 Å². The van der Waals surface area contributed by atoms with Gasteiger partial charge >= 0.3 is 6.09 Å². The van der Waals surface area contributed by atoms with Gasteiger partial charge in [0.2, 0.25) is 11.8 Å². The Hall–Kier alpha value is -2.83. The van der Waals surface area contributed by atoms with Crippen LogP contribution in [0.5, 0.6) is 0 Å². The van der Waals surface area contributed by atoms with Gasteiger partial charge in [-0.3, -0.25) is 9.59 Å². The van der Waals surface area contributed by atoms with E-state index in [0.717, 1.165) is 5.56 Å². The van der Waals surface area contributed by atoms with Crippen molar-refractivity contribution in [2.45, 2.75) is 46.1 Å². The van der Waals surface area contributed by atoms with Crippen molar-refractivity contribution in [3.63, 3.8) is 0 Å². The number of nitrogens with one attached hydrogen (secondary N) is 3. The number of ether oxygens (including phenoxy) is 1. The molecular formula is C21H31N3O4. The van der Waals surface area contributed by atoms with Crippen LogP contribution in [-0.2, 0) is 14.3 Å². The summed E-state index contributed by atoms with van der Waals surface area (Å²) in [4.78, 5) is 34.9. The summed E-state index contributed by atoms with van der Waals surface area (Å²) < 4.78 is 5.08. The Kier molecular flexibility index (Phi) is 9.78. The van der Waals surface area contributed by atoms with Gasteiger partial charge in [0.15, 0.2) is 0 Å².